The minimum Gasteiger partial charge on any atom is -0.463 e. The molecular weight excluding hydrogens is 350 g/mol. The van der Waals surface area contributed by atoms with Crippen molar-refractivity contribution in [2.75, 3.05) is 6.61 Å². The van der Waals surface area contributed by atoms with E-state index in [-0.39, 0.29) is 28.8 Å². The summed E-state index contributed by atoms with van der Waals surface area (Å²) in [5, 5.41) is 16.3. The van der Waals surface area contributed by atoms with Crippen LogP contribution in [0.4, 0.5) is 10.5 Å². The zero-order valence-corrected chi connectivity index (χ0v) is 14.7. The lowest BCUT2D eigenvalue weighted by molar-refractivity contribution is -0.384. The molecule has 0 aromatic heterocycles. The number of hydrogen-bond donors (Lipinski definition) is 2. The standard InChI is InChI=1S/C16H18ClN3O5/c1-4-25-15(21)12-13(8(2)3)18-16(22)19-14(12)9-5-6-10(17)11(7-9)20(23)24/h5-8,14H,4H2,1-3H3,(H2,18,19,22). The number of rotatable bonds is 5. The van der Waals surface area contributed by atoms with Gasteiger partial charge in [0, 0.05) is 11.8 Å². The number of esters is 1. The molecular formula is C16H18ClN3O5. The SMILES string of the molecule is CCOC(=O)C1=C(C(C)C)NC(=O)NC1c1ccc(Cl)c([N+](=O)[O-])c1. The first-order valence-electron chi connectivity index (χ1n) is 7.68. The fraction of sp³-hybridized carbons (Fsp3) is 0.375. The summed E-state index contributed by atoms with van der Waals surface area (Å²) >= 11 is 5.84. The van der Waals surface area contributed by atoms with E-state index in [0.717, 1.165) is 0 Å². The summed E-state index contributed by atoms with van der Waals surface area (Å²) in [4.78, 5) is 35.0. The molecule has 0 aliphatic carbocycles. The van der Waals surface area contributed by atoms with Crippen molar-refractivity contribution in [3.8, 4) is 0 Å². The van der Waals surface area contributed by atoms with Gasteiger partial charge in [-0.3, -0.25) is 10.1 Å². The number of nitro groups is 1. The quantitative estimate of drug-likeness (QED) is 0.472. The first-order chi connectivity index (χ1) is 11.8. The van der Waals surface area contributed by atoms with Gasteiger partial charge in [-0.15, -0.1) is 0 Å². The van der Waals surface area contributed by atoms with Crippen LogP contribution in [0, 0.1) is 16.0 Å². The van der Waals surface area contributed by atoms with Gasteiger partial charge in [-0.25, -0.2) is 9.59 Å². The summed E-state index contributed by atoms with van der Waals surface area (Å²) in [5.41, 5.74) is 0.700. The summed E-state index contributed by atoms with van der Waals surface area (Å²) < 4.78 is 5.10. The van der Waals surface area contributed by atoms with E-state index >= 15 is 0 Å². The number of ether oxygens (including phenoxy) is 1. The fourth-order valence-electron chi connectivity index (χ4n) is 2.58. The highest BCUT2D eigenvalue weighted by Gasteiger charge is 2.35. The Hall–Kier alpha value is -2.61. The smallest absolute Gasteiger partial charge is 0.338 e. The van der Waals surface area contributed by atoms with Crippen LogP contribution < -0.4 is 10.6 Å². The van der Waals surface area contributed by atoms with Gasteiger partial charge >= 0.3 is 12.0 Å². The van der Waals surface area contributed by atoms with E-state index in [9.17, 15) is 19.7 Å². The number of nitrogens with one attached hydrogen (secondary N) is 2. The second-order valence-electron chi connectivity index (χ2n) is 5.70. The predicted molar refractivity (Wildman–Crippen MR) is 91.0 cm³/mol. The molecule has 1 atom stereocenters. The van der Waals surface area contributed by atoms with Crippen molar-refractivity contribution in [2.45, 2.75) is 26.8 Å². The molecule has 1 unspecified atom stereocenters. The Morgan fingerprint density at radius 3 is 2.68 bits per heavy atom. The lowest BCUT2D eigenvalue weighted by Gasteiger charge is -2.30. The van der Waals surface area contributed by atoms with E-state index in [0.29, 0.717) is 11.3 Å². The second kappa shape index (κ2) is 7.52. The van der Waals surface area contributed by atoms with Crippen molar-refractivity contribution in [3.63, 3.8) is 0 Å². The monoisotopic (exact) mass is 367 g/mol. The topological polar surface area (TPSA) is 111 Å². The highest BCUT2D eigenvalue weighted by Crippen LogP contribution is 2.34. The van der Waals surface area contributed by atoms with Crippen molar-refractivity contribution in [2.24, 2.45) is 5.92 Å². The third-order valence-corrected chi connectivity index (χ3v) is 4.00. The normalized spacial score (nSPS) is 17.2. The van der Waals surface area contributed by atoms with Crippen molar-refractivity contribution < 1.29 is 19.2 Å². The molecule has 0 saturated heterocycles. The third-order valence-electron chi connectivity index (χ3n) is 3.68. The summed E-state index contributed by atoms with van der Waals surface area (Å²) in [7, 11) is 0. The van der Waals surface area contributed by atoms with Crippen molar-refractivity contribution in [1.29, 1.82) is 0 Å². The van der Waals surface area contributed by atoms with Crippen molar-refractivity contribution in [3.05, 3.63) is 50.2 Å². The number of hydrogen-bond acceptors (Lipinski definition) is 5. The number of allylic oxidation sites excluding steroid dienone is 1. The Morgan fingerprint density at radius 1 is 1.44 bits per heavy atom. The Morgan fingerprint density at radius 2 is 2.12 bits per heavy atom. The van der Waals surface area contributed by atoms with Gasteiger partial charge < -0.3 is 15.4 Å². The first-order valence-corrected chi connectivity index (χ1v) is 8.06. The molecule has 8 nitrogen and oxygen atoms in total. The van der Waals surface area contributed by atoms with E-state index in [1.54, 1.807) is 6.92 Å². The fourth-order valence-corrected chi connectivity index (χ4v) is 2.76. The molecule has 2 N–H and O–H groups in total. The molecule has 9 heteroatoms. The summed E-state index contributed by atoms with van der Waals surface area (Å²) in [6.45, 7) is 5.47. The maximum absolute atomic E-state index is 12.5. The number of nitro benzene ring substituents is 1. The van der Waals surface area contributed by atoms with Crippen molar-refractivity contribution in [1.82, 2.24) is 10.6 Å². The van der Waals surface area contributed by atoms with E-state index < -0.39 is 23.0 Å². The van der Waals surface area contributed by atoms with Crippen molar-refractivity contribution >= 4 is 29.3 Å². The van der Waals surface area contributed by atoms with Crippen LogP contribution in [0.1, 0.15) is 32.4 Å². The molecule has 0 spiro atoms. The van der Waals surface area contributed by atoms with Crippen LogP contribution in [0.15, 0.2) is 29.5 Å². The van der Waals surface area contributed by atoms with Crippen LogP contribution in [0.3, 0.4) is 0 Å². The number of carbonyl (C=O) groups is 2. The zero-order valence-electron chi connectivity index (χ0n) is 14.0. The van der Waals surface area contributed by atoms with Crippen LogP contribution in [0.25, 0.3) is 0 Å². The first kappa shape index (κ1) is 18.7. The van der Waals surface area contributed by atoms with Crippen LogP contribution in [0.5, 0.6) is 0 Å². The predicted octanol–water partition coefficient (Wildman–Crippen LogP) is 3.08. The van der Waals surface area contributed by atoms with Gasteiger partial charge in [0.1, 0.15) is 5.02 Å². The molecule has 1 aliphatic heterocycles. The Balaban J connectivity index is 2.61. The van der Waals surface area contributed by atoms with Crippen LogP contribution in [-0.4, -0.2) is 23.5 Å². The number of urea groups is 1. The Kier molecular flexibility index (Phi) is 5.63. The highest BCUT2D eigenvalue weighted by atomic mass is 35.5. The molecule has 1 aromatic carbocycles. The van der Waals surface area contributed by atoms with Gasteiger partial charge in [0.2, 0.25) is 0 Å². The number of benzene rings is 1. The van der Waals surface area contributed by atoms with Gasteiger partial charge in [0.25, 0.3) is 5.69 Å². The minimum absolute atomic E-state index is 0.0280. The average Bonchev–Trinajstić information content (AvgIpc) is 2.54. The highest BCUT2D eigenvalue weighted by molar-refractivity contribution is 6.32. The average molecular weight is 368 g/mol. The molecule has 25 heavy (non-hydrogen) atoms. The number of halogens is 1. The second-order valence-corrected chi connectivity index (χ2v) is 6.11. The maximum atomic E-state index is 12.5. The van der Waals surface area contributed by atoms with Crippen LogP contribution in [0.2, 0.25) is 5.02 Å². The number of nitrogens with zero attached hydrogens (tertiary/aromatic N) is 1. The maximum Gasteiger partial charge on any atom is 0.338 e. The Bertz CT molecular complexity index is 760. The molecule has 0 bridgehead atoms. The zero-order chi connectivity index (χ0) is 18.7. The molecule has 1 aliphatic rings. The lowest BCUT2D eigenvalue weighted by Crippen LogP contribution is -2.47. The molecule has 0 saturated carbocycles. The molecule has 1 aromatic rings. The van der Waals surface area contributed by atoms with E-state index in [1.807, 2.05) is 13.8 Å². The van der Waals surface area contributed by atoms with Crippen LogP contribution >= 0.6 is 11.6 Å². The molecule has 2 amide bonds. The molecule has 0 fully saturated rings. The van der Waals surface area contributed by atoms with Gasteiger partial charge in [-0.1, -0.05) is 31.5 Å². The minimum atomic E-state index is -0.874. The van der Waals surface area contributed by atoms with Gasteiger partial charge in [0.15, 0.2) is 0 Å². The summed E-state index contributed by atoms with van der Waals surface area (Å²) in [6, 6.07) is 2.76. The largest absolute Gasteiger partial charge is 0.463 e. The number of amides is 2. The van der Waals surface area contributed by atoms with E-state index in [4.69, 9.17) is 16.3 Å². The lowest BCUT2D eigenvalue weighted by atomic mass is 9.91. The molecule has 2 rings (SSSR count). The number of carbonyl (C=O) groups excluding carboxylic acids is 2. The third kappa shape index (κ3) is 3.90. The Labute approximate surface area is 149 Å². The summed E-state index contributed by atoms with van der Waals surface area (Å²) in [5.74, 6) is -0.753. The van der Waals surface area contributed by atoms with Gasteiger partial charge in [-0.2, -0.15) is 0 Å². The summed E-state index contributed by atoms with van der Waals surface area (Å²) in [6.07, 6.45) is 0. The molecule has 134 valence electrons. The molecule has 1 heterocycles. The van der Waals surface area contributed by atoms with Gasteiger partial charge in [-0.05, 0) is 24.5 Å². The molecule has 0 radical (unpaired) electrons. The van der Waals surface area contributed by atoms with E-state index in [1.165, 1.54) is 18.2 Å². The van der Waals surface area contributed by atoms with Gasteiger partial charge in [0.05, 0.1) is 23.1 Å². The van der Waals surface area contributed by atoms with Crippen LogP contribution in [-0.2, 0) is 9.53 Å². The van der Waals surface area contributed by atoms with E-state index in [2.05, 4.69) is 10.6 Å².